The maximum atomic E-state index is 13.7. The van der Waals surface area contributed by atoms with Crippen molar-refractivity contribution in [3.8, 4) is 0 Å². The number of carbonyl (C=O) groups excluding carboxylic acids is 1. The van der Waals surface area contributed by atoms with Crippen molar-refractivity contribution in [3.05, 3.63) is 53.5 Å². The van der Waals surface area contributed by atoms with Gasteiger partial charge in [-0.25, -0.2) is 23.5 Å². The van der Waals surface area contributed by atoms with Crippen molar-refractivity contribution in [2.45, 2.75) is 24.7 Å². The molecule has 2 aromatic rings. The predicted octanol–water partition coefficient (Wildman–Crippen LogP) is 1.97. The van der Waals surface area contributed by atoms with Crippen LogP contribution in [0.3, 0.4) is 0 Å². The van der Waals surface area contributed by atoms with Crippen LogP contribution in [0.15, 0.2) is 30.6 Å². The molecule has 1 saturated heterocycles. The number of aliphatic hydroxyl groups excluding tert-OH is 1. The summed E-state index contributed by atoms with van der Waals surface area (Å²) >= 11 is 0. The van der Waals surface area contributed by atoms with Gasteiger partial charge in [0.1, 0.15) is 29.3 Å². The monoisotopic (exact) mass is 491 g/mol. The van der Waals surface area contributed by atoms with Crippen LogP contribution in [-0.4, -0.2) is 75.9 Å². The number of carbonyl (C=O) groups is 2. The number of alkyl halides is 3. The maximum Gasteiger partial charge on any atom is 0.490 e. The second-order valence-electron chi connectivity index (χ2n) is 7.18. The molecule has 0 aliphatic carbocycles. The third-order valence-corrected chi connectivity index (χ3v) is 4.83. The number of nitrogens with zero attached hydrogens (tertiary/aromatic N) is 3. The molecule has 3 rings (SSSR count). The van der Waals surface area contributed by atoms with E-state index >= 15 is 0 Å². The number of carboxylic acids is 1. The van der Waals surface area contributed by atoms with E-state index < -0.39 is 35.4 Å². The highest BCUT2D eigenvalue weighted by Crippen LogP contribution is 2.21. The van der Waals surface area contributed by atoms with Gasteiger partial charge in [-0.1, -0.05) is 6.07 Å². The first-order valence-electron chi connectivity index (χ1n) is 9.87. The van der Waals surface area contributed by atoms with Crippen molar-refractivity contribution >= 4 is 17.7 Å². The molecule has 1 aromatic carbocycles. The number of halogens is 5. The molecular formula is C20H22F5N5O4. The van der Waals surface area contributed by atoms with E-state index in [1.54, 1.807) is 11.9 Å². The Kier molecular flexibility index (Phi) is 9.20. The number of benzene rings is 1. The molecule has 1 aliphatic rings. The first-order chi connectivity index (χ1) is 15.9. The molecule has 0 bridgehead atoms. The van der Waals surface area contributed by atoms with Gasteiger partial charge in [0.05, 0.1) is 18.0 Å². The van der Waals surface area contributed by atoms with Crippen molar-refractivity contribution in [1.82, 2.24) is 20.2 Å². The lowest BCUT2D eigenvalue weighted by molar-refractivity contribution is -0.192. The number of likely N-dealkylation sites (N-methyl/N-ethyl adjacent to an activating group) is 1. The lowest BCUT2D eigenvalue weighted by Gasteiger charge is -2.23. The van der Waals surface area contributed by atoms with Gasteiger partial charge in [-0.3, -0.25) is 4.79 Å². The summed E-state index contributed by atoms with van der Waals surface area (Å²) in [7, 11) is 1.73. The fourth-order valence-electron chi connectivity index (χ4n) is 2.98. The predicted molar refractivity (Wildman–Crippen MR) is 109 cm³/mol. The highest BCUT2D eigenvalue weighted by atomic mass is 19.4. The molecule has 2 unspecified atom stereocenters. The SMILES string of the molecule is CN(C(=O)c1cnc(NCC(O)c2c(F)cccc2F)cn1)C1CCNC1.O=C(O)C(F)(F)F. The number of aliphatic hydroxyl groups is 1. The van der Waals surface area contributed by atoms with E-state index in [2.05, 4.69) is 20.6 Å². The smallest absolute Gasteiger partial charge is 0.475 e. The lowest BCUT2D eigenvalue weighted by atomic mass is 10.1. The van der Waals surface area contributed by atoms with Crippen LogP contribution in [0.1, 0.15) is 28.6 Å². The van der Waals surface area contributed by atoms with Gasteiger partial charge in [-0.15, -0.1) is 0 Å². The Morgan fingerprint density at radius 1 is 1.24 bits per heavy atom. The second-order valence-corrected chi connectivity index (χ2v) is 7.18. The van der Waals surface area contributed by atoms with E-state index in [0.717, 1.165) is 31.6 Å². The summed E-state index contributed by atoms with van der Waals surface area (Å²) in [6.45, 7) is 1.47. The highest BCUT2D eigenvalue weighted by Gasteiger charge is 2.38. The number of rotatable bonds is 6. The Labute approximate surface area is 190 Å². The Balaban J connectivity index is 0.000000509. The van der Waals surface area contributed by atoms with Crippen molar-refractivity contribution in [1.29, 1.82) is 0 Å². The van der Waals surface area contributed by atoms with Crippen LogP contribution in [0.25, 0.3) is 0 Å². The van der Waals surface area contributed by atoms with Crippen LogP contribution in [0.4, 0.5) is 27.8 Å². The van der Waals surface area contributed by atoms with E-state index in [4.69, 9.17) is 9.90 Å². The Bertz CT molecular complexity index is 964. The third kappa shape index (κ3) is 7.31. The maximum absolute atomic E-state index is 13.7. The standard InChI is InChI=1S/C18H21F2N5O2.C2HF3O2/c1-25(11-5-6-21-7-11)18(27)14-8-23-16(10-22-14)24-9-15(26)17-12(19)3-2-4-13(17)20;3-2(4,5)1(6)7/h2-4,8,10-11,15,21,26H,5-7,9H2,1H3,(H,23,24);(H,6,7). The quantitative estimate of drug-likeness (QED) is 0.452. The van der Waals surface area contributed by atoms with Gasteiger partial charge in [-0.2, -0.15) is 13.2 Å². The van der Waals surface area contributed by atoms with Gasteiger partial charge >= 0.3 is 12.1 Å². The van der Waals surface area contributed by atoms with Gasteiger partial charge in [0.2, 0.25) is 0 Å². The van der Waals surface area contributed by atoms with Crippen LogP contribution >= 0.6 is 0 Å². The Morgan fingerprint density at radius 3 is 2.32 bits per heavy atom. The molecule has 34 heavy (non-hydrogen) atoms. The highest BCUT2D eigenvalue weighted by molar-refractivity contribution is 5.92. The summed E-state index contributed by atoms with van der Waals surface area (Å²) < 4.78 is 59.1. The van der Waals surface area contributed by atoms with Gasteiger partial charge in [0.15, 0.2) is 0 Å². The van der Waals surface area contributed by atoms with Crippen LogP contribution in [0.5, 0.6) is 0 Å². The number of aliphatic carboxylic acids is 1. The normalized spacial score (nSPS) is 16.3. The van der Waals surface area contributed by atoms with Crippen LogP contribution in [0.2, 0.25) is 0 Å². The number of nitrogens with one attached hydrogen (secondary N) is 2. The Morgan fingerprint density at radius 2 is 1.85 bits per heavy atom. The molecule has 0 spiro atoms. The molecule has 186 valence electrons. The first kappa shape index (κ1) is 26.9. The zero-order valence-corrected chi connectivity index (χ0v) is 17.8. The fraction of sp³-hybridized carbons (Fsp3) is 0.400. The average molecular weight is 491 g/mol. The molecule has 14 heteroatoms. The summed E-state index contributed by atoms with van der Waals surface area (Å²) in [6.07, 6.45) is -2.91. The molecule has 1 aromatic heterocycles. The van der Waals surface area contributed by atoms with Crippen molar-refractivity contribution in [2.75, 3.05) is 32.0 Å². The largest absolute Gasteiger partial charge is 0.490 e. The van der Waals surface area contributed by atoms with E-state index in [9.17, 15) is 31.9 Å². The van der Waals surface area contributed by atoms with E-state index in [1.807, 2.05) is 0 Å². The van der Waals surface area contributed by atoms with Crippen molar-refractivity contribution < 1.29 is 41.8 Å². The molecule has 1 fully saturated rings. The summed E-state index contributed by atoms with van der Waals surface area (Å²) in [6, 6.07) is 3.52. The third-order valence-electron chi connectivity index (χ3n) is 4.83. The molecule has 4 N–H and O–H groups in total. The van der Waals surface area contributed by atoms with Gasteiger partial charge in [0.25, 0.3) is 5.91 Å². The molecular weight excluding hydrogens is 469 g/mol. The molecule has 0 radical (unpaired) electrons. The van der Waals surface area contributed by atoms with E-state index in [1.165, 1.54) is 18.5 Å². The van der Waals surface area contributed by atoms with Crippen LogP contribution in [0, 0.1) is 11.6 Å². The first-order valence-corrected chi connectivity index (χ1v) is 9.87. The Hall–Kier alpha value is -3.39. The van der Waals surface area contributed by atoms with E-state index in [-0.39, 0.29) is 30.0 Å². The molecule has 2 atom stereocenters. The molecule has 1 aliphatic heterocycles. The number of carboxylic acid groups (broad SMARTS) is 1. The fourth-order valence-corrected chi connectivity index (χ4v) is 2.98. The van der Waals surface area contributed by atoms with Crippen LogP contribution < -0.4 is 10.6 Å². The van der Waals surface area contributed by atoms with Gasteiger partial charge in [-0.05, 0) is 25.1 Å². The summed E-state index contributed by atoms with van der Waals surface area (Å²) in [5, 5.41) is 23.1. The number of hydrogen-bond donors (Lipinski definition) is 4. The topological polar surface area (TPSA) is 128 Å². The molecule has 1 amide bonds. The second kappa shape index (κ2) is 11.7. The molecule has 2 heterocycles. The number of aromatic nitrogens is 2. The lowest BCUT2D eigenvalue weighted by Crippen LogP contribution is -2.38. The number of amides is 1. The minimum atomic E-state index is -5.08. The average Bonchev–Trinajstić information content (AvgIpc) is 3.32. The van der Waals surface area contributed by atoms with E-state index in [0.29, 0.717) is 0 Å². The minimum absolute atomic E-state index is 0.128. The number of hydrogen-bond acceptors (Lipinski definition) is 7. The minimum Gasteiger partial charge on any atom is -0.475 e. The summed E-state index contributed by atoms with van der Waals surface area (Å²) in [5.74, 6) is -4.34. The zero-order valence-electron chi connectivity index (χ0n) is 17.8. The zero-order chi connectivity index (χ0) is 25.5. The van der Waals surface area contributed by atoms with Gasteiger partial charge in [0, 0.05) is 26.2 Å². The van der Waals surface area contributed by atoms with Crippen LogP contribution in [-0.2, 0) is 4.79 Å². The van der Waals surface area contributed by atoms with Gasteiger partial charge < -0.3 is 25.7 Å². The van der Waals surface area contributed by atoms with Crippen molar-refractivity contribution in [3.63, 3.8) is 0 Å². The molecule has 0 saturated carbocycles. The summed E-state index contributed by atoms with van der Waals surface area (Å²) in [4.78, 5) is 31.1. The van der Waals surface area contributed by atoms with Crippen molar-refractivity contribution in [2.24, 2.45) is 0 Å². The summed E-state index contributed by atoms with van der Waals surface area (Å²) in [5.41, 5.74) is -0.202. The number of anilines is 1. The molecule has 9 nitrogen and oxygen atoms in total.